The molecule has 2 aromatic rings. The third-order valence-corrected chi connectivity index (χ3v) is 6.90. The molecule has 1 N–H and O–H groups in total. The lowest BCUT2D eigenvalue weighted by atomic mass is 9.89. The minimum Gasteiger partial charge on any atom is -0.497 e. The molecular weight excluding hydrogens is 418 g/mol. The number of benzene rings is 2. The SMILES string of the molecule is COc1ccc2c(c1)OC(C)(C)C[C@@H]2NC(=O)CN(c1ccccc1)S(=O)(=O)N(C)C. The standard InChI is InChI=1S/C22H29N3O5S/c1-22(2)14-19(18-12-11-17(29-5)13-20(18)30-22)23-21(26)15-25(31(27,28)24(3)4)16-9-7-6-8-10-16/h6-13,19H,14-15H2,1-5H3,(H,23,26)/t19-/m0/s1. The van der Waals surface area contributed by atoms with Crippen LogP contribution in [0.15, 0.2) is 48.5 Å². The van der Waals surface area contributed by atoms with Crippen molar-refractivity contribution in [2.45, 2.75) is 31.9 Å². The van der Waals surface area contributed by atoms with Crippen molar-refractivity contribution >= 4 is 21.8 Å². The topological polar surface area (TPSA) is 88.2 Å². The first kappa shape index (κ1) is 22.9. The molecule has 0 spiro atoms. The molecule has 1 heterocycles. The Balaban J connectivity index is 1.86. The first-order chi connectivity index (χ1) is 14.5. The van der Waals surface area contributed by atoms with Crippen LogP contribution in [-0.4, -0.2) is 52.0 Å². The Morgan fingerprint density at radius 1 is 1.19 bits per heavy atom. The number of methoxy groups -OCH3 is 1. The summed E-state index contributed by atoms with van der Waals surface area (Å²) in [5.41, 5.74) is 0.741. The highest BCUT2D eigenvalue weighted by Crippen LogP contribution is 2.41. The van der Waals surface area contributed by atoms with E-state index in [2.05, 4.69) is 5.32 Å². The molecule has 1 aliphatic rings. The fourth-order valence-corrected chi connectivity index (χ4v) is 4.62. The number of hydrogen-bond acceptors (Lipinski definition) is 5. The van der Waals surface area contributed by atoms with E-state index in [1.165, 1.54) is 14.1 Å². The van der Waals surface area contributed by atoms with Gasteiger partial charge in [-0.1, -0.05) is 18.2 Å². The third kappa shape index (κ3) is 5.11. The van der Waals surface area contributed by atoms with Gasteiger partial charge in [0.1, 0.15) is 23.6 Å². The molecule has 0 bridgehead atoms. The normalized spacial score (nSPS) is 17.4. The highest BCUT2D eigenvalue weighted by molar-refractivity contribution is 7.90. The number of rotatable bonds is 7. The van der Waals surface area contributed by atoms with Crippen molar-refractivity contribution in [3.05, 3.63) is 54.1 Å². The minimum absolute atomic E-state index is 0.322. The van der Waals surface area contributed by atoms with Crippen molar-refractivity contribution in [3.63, 3.8) is 0 Å². The van der Waals surface area contributed by atoms with Gasteiger partial charge >= 0.3 is 10.2 Å². The Hall–Kier alpha value is -2.78. The summed E-state index contributed by atoms with van der Waals surface area (Å²) in [6, 6.07) is 13.7. The van der Waals surface area contributed by atoms with Crippen LogP contribution in [0.4, 0.5) is 5.69 Å². The van der Waals surface area contributed by atoms with Gasteiger partial charge in [-0.05, 0) is 38.1 Å². The zero-order valence-electron chi connectivity index (χ0n) is 18.5. The number of hydrogen-bond donors (Lipinski definition) is 1. The molecule has 168 valence electrons. The van der Waals surface area contributed by atoms with E-state index in [-0.39, 0.29) is 12.6 Å². The molecule has 3 rings (SSSR count). The molecule has 1 aliphatic heterocycles. The van der Waals surface area contributed by atoms with Crippen molar-refractivity contribution < 1.29 is 22.7 Å². The summed E-state index contributed by atoms with van der Waals surface area (Å²) in [5.74, 6) is 0.898. The molecule has 0 saturated heterocycles. The summed E-state index contributed by atoms with van der Waals surface area (Å²) in [5, 5.41) is 3.00. The highest BCUT2D eigenvalue weighted by atomic mass is 32.2. The molecule has 2 aromatic carbocycles. The van der Waals surface area contributed by atoms with Crippen LogP contribution in [-0.2, 0) is 15.0 Å². The van der Waals surface area contributed by atoms with E-state index in [0.29, 0.717) is 23.6 Å². The Bertz CT molecular complexity index is 1040. The molecule has 0 fully saturated rings. The van der Waals surface area contributed by atoms with Gasteiger partial charge in [0, 0.05) is 32.1 Å². The highest BCUT2D eigenvalue weighted by Gasteiger charge is 2.36. The van der Waals surface area contributed by atoms with Crippen LogP contribution in [0, 0.1) is 0 Å². The molecular formula is C22H29N3O5S. The Labute approximate surface area is 183 Å². The Kier molecular flexibility index (Phi) is 6.47. The van der Waals surface area contributed by atoms with Gasteiger partial charge in [-0.2, -0.15) is 12.7 Å². The second-order valence-corrected chi connectivity index (χ2v) is 10.3. The van der Waals surface area contributed by atoms with Crippen molar-refractivity contribution in [2.24, 2.45) is 0 Å². The fraction of sp³-hybridized carbons (Fsp3) is 0.409. The summed E-state index contributed by atoms with van der Waals surface area (Å²) < 4.78 is 39.3. The lowest BCUT2D eigenvalue weighted by molar-refractivity contribution is -0.120. The number of para-hydroxylation sites is 1. The summed E-state index contributed by atoms with van der Waals surface area (Å²) in [7, 11) is 0.603. The van der Waals surface area contributed by atoms with Crippen molar-refractivity contribution in [2.75, 3.05) is 32.1 Å². The Morgan fingerprint density at radius 3 is 2.48 bits per heavy atom. The predicted molar refractivity (Wildman–Crippen MR) is 120 cm³/mol. The van der Waals surface area contributed by atoms with E-state index in [1.54, 1.807) is 43.5 Å². The maximum absolute atomic E-state index is 13.0. The molecule has 0 unspecified atom stereocenters. The molecule has 9 heteroatoms. The number of carbonyl (C=O) groups is 1. The van der Waals surface area contributed by atoms with Gasteiger partial charge in [0.25, 0.3) is 0 Å². The molecule has 0 saturated carbocycles. The van der Waals surface area contributed by atoms with Crippen LogP contribution in [0.5, 0.6) is 11.5 Å². The van der Waals surface area contributed by atoms with E-state index >= 15 is 0 Å². The van der Waals surface area contributed by atoms with Crippen molar-refractivity contribution in [3.8, 4) is 11.5 Å². The monoisotopic (exact) mass is 447 g/mol. The van der Waals surface area contributed by atoms with Gasteiger partial charge in [0.2, 0.25) is 5.91 Å². The number of nitrogens with zero attached hydrogens (tertiary/aromatic N) is 2. The number of fused-ring (bicyclic) bond motifs is 1. The van der Waals surface area contributed by atoms with Gasteiger partial charge in [-0.25, -0.2) is 4.31 Å². The van der Waals surface area contributed by atoms with E-state index < -0.39 is 21.7 Å². The van der Waals surface area contributed by atoms with E-state index in [1.807, 2.05) is 26.0 Å². The molecule has 0 aliphatic carbocycles. The molecule has 31 heavy (non-hydrogen) atoms. The minimum atomic E-state index is -3.86. The van der Waals surface area contributed by atoms with E-state index in [4.69, 9.17) is 9.47 Å². The first-order valence-corrected chi connectivity index (χ1v) is 11.3. The van der Waals surface area contributed by atoms with Gasteiger partial charge in [0.15, 0.2) is 0 Å². The average molecular weight is 448 g/mol. The average Bonchev–Trinajstić information content (AvgIpc) is 2.71. The first-order valence-electron chi connectivity index (χ1n) is 9.95. The molecule has 8 nitrogen and oxygen atoms in total. The third-order valence-electron chi connectivity index (χ3n) is 5.08. The fourth-order valence-electron chi connectivity index (χ4n) is 3.56. The number of amides is 1. The maximum atomic E-state index is 13.0. The van der Waals surface area contributed by atoms with Gasteiger partial charge in [-0.15, -0.1) is 0 Å². The quantitative estimate of drug-likeness (QED) is 0.705. The van der Waals surface area contributed by atoms with Crippen LogP contribution >= 0.6 is 0 Å². The van der Waals surface area contributed by atoms with Crippen molar-refractivity contribution in [1.82, 2.24) is 9.62 Å². The lowest BCUT2D eigenvalue weighted by Crippen LogP contribution is -2.48. The van der Waals surface area contributed by atoms with E-state index in [0.717, 1.165) is 14.2 Å². The number of anilines is 1. The molecule has 1 amide bonds. The summed E-state index contributed by atoms with van der Waals surface area (Å²) >= 11 is 0. The van der Waals surface area contributed by atoms with Gasteiger partial charge < -0.3 is 14.8 Å². The lowest BCUT2D eigenvalue weighted by Gasteiger charge is -2.38. The van der Waals surface area contributed by atoms with Crippen LogP contribution in [0.25, 0.3) is 0 Å². The number of ether oxygens (including phenoxy) is 2. The maximum Gasteiger partial charge on any atom is 0.304 e. The molecule has 1 atom stereocenters. The number of carbonyl (C=O) groups excluding carboxylic acids is 1. The van der Waals surface area contributed by atoms with Crippen LogP contribution in [0.3, 0.4) is 0 Å². The summed E-state index contributed by atoms with van der Waals surface area (Å²) in [4.78, 5) is 13.0. The van der Waals surface area contributed by atoms with Gasteiger partial charge in [0.05, 0.1) is 18.8 Å². The van der Waals surface area contributed by atoms with Crippen LogP contribution in [0.2, 0.25) is 0 Å². The number of nitrogens with one attached hydrogen (secondary N) is 1. The summed E-state index contributed by atoms with van der Waals surface area (Å²) in [6.07, 6.45) is 0.545. The van der Waals surface area contributed by atoms with Crippen molar-refractivity contribution in [1.29, 1.82) is 0 Å². The Morgan fingerprint density at radius 2 is 1.87 bits per heavy atom. The summed E-state index contributed by atoms with van der Waals surface area (Å²) in [6.45, 7) is 3.55. The zero-order chi connectivity index (χ0) is 22.8. The van der Waals surface area contributed by atoms with Gasteiger partial charge in [-0.3, -0.25) is 4.79 Å². The second-order valence-electron chi connectivity index (χ2n) is 8.22. The smallest absolute Gasteiger partial charge is 0.304 e. The van der Waals surface area contributed by atoms with Crippen LogP contribution in [0.1, 0.15) is 31.9 Å². The molecule has 0 aromatic heterocycles. The predicted octanol–water partition coefficient (Wildman–Crippen LogP) is 2.73. The largest absolute Gasteiger partial charge is 0.497 e. The second kappa shape index (κ2) is 8.76. The molecule has 0 radical (unpaired) electrons. The van der Waals surface area contributed by atoms with Crippen LogP contribution < -0.4 is 19.1 Å². The zero-order valence-corrected chi connectivity index (χ0v) is 19.3. The van der Waals surface area contributed by atoms with E-state index in [9.17, 15) is 13.2 Å².